The van der Waals surface area contributed by atoms with Crippen LogP contribution < -0.4 is 5.32 Å². The maximum atomic E-state index is 5.82. The first-order valence-corrected chi connectivity index (χ1v) is 3.94. The summed E-state index contributed by atoms with van der Waals surface area (Å²) in [6.45, 7) is 0.663. The SMILES string of the molecule is CNCc1ncc(Cl)cc1Cl.Cl. The van der Waals surface area contributed by atoms with Crippen LogP contribution in [0.3, 0.4) is 0 Å². The Balaban J connectivity index is 0.00000121. The molecule has 1 aromatic heterocycles. The van der Waals surface area contributed by atoms with Gasteiger partial charge < -0.3 is 5.32 Å². The standard InChI is InChI=1S/C7H8Cl2N2.ClH/c1-10-4-7-6(9)2-5(8)3-11-7;/h2-3,10H,4H2,1H3;1H. The molecule has 5 heteroatoms. The zero-order valence-corrected chi connectivity index (χ0v) is 8.80. The molecular weight excluding hydrogens is 218 g/mol. The lowest BCUT2D eigenvalue weighted by molar-refractivity contribution is 0.791. The highest BCUT2D eigenvalue weighted by atomic mass is 35.5. The van der Waals surface area contributed by atoms with E-state index in [-0.39, 0.29) is 12.4 Å². The fourth-order valence-electron chi connectivity index (χ4n) is 0.740. The molecule has 0 bridgehead atoms. The van der Waals surface area contributed by atoms with E-state index < -0.39 is 0 Å². The van der Waals surface area contributed by atoms with E-state index in [0.29, 0.717) is 16.6 Å². The van der Waals surface area contributed by atoms with Gasteiger partial charge in [-0.25, -0.2) is 0 Å². The Kier molecular flexibility index (Phi) is 5.59. The lowest BCUT2D eigenvalue weighted by Crippen LogP contribution is -2.07. The maximum Gasteiger partial charge on any atom is 0.0728 e. The lowest BCUT2D eigenvalue weighted by Gasteiger charge is -2.01. The Hall–Kier alpha value is -0.0200. The Morgan fingerprint density at radius 1 is 1.50 bits per heavy atom. The van der Waals surface area contributed by atoms with Crippen molar-refractivity contribution in [1.29, 1.82) is 0 Å². The minimum Gasteiger partial charge on any atom is -0.314 e. The molecule has 0 aliphatic carbocycles. The van der Waals surface area contributed by atoms with E-state index in [1.54, 1.807) is 12.3 Å². The molecule has 1 aromatic rings. The topological polar surface area (TPSA) is 24.9 Å². The van der Waals surface area contributed by atoms with E-state index in [4.69, 9.17) is 23.2 Å². The van der Waals surface area contributed by atoms with Gasteiger partial charge in [-0.1, -0.05) is 23.2 Å². The van der Waals surface area contributed by atoms with Crippen LogP contribution >= 0.6 is 35.6 Å². The molecule has 1 rings (SSSR count). The molecule has 12 heavy (non-hydrogen) atoms. The number of halogens is 3. The van der Waals surface area contributed by atoms with Gasteiger partial charge >= 0.3 is 0 Å². The van der Waals surface area contributed by atoms with E-state index in [0.717, 1.165) is 5.69 Å². The predicted octanol–water partition coefficient (Wildman–Crippen LogP) is 2.53. The van der Waals surface area contributed by atoms with Crippen LogP contribution in [0.15, 0.2) is 12.3 Å². The van der Waals surface area contributed by atoms with Crippen molar-refractivity contribution in [2.75, 3.05) is 7.05 Å². The van der Waals surface area contributed by atoms with Crippen molar-refractivity contribution in [3.8, 4) is 0 Å². The Morgan fingerprint density at radius 2 is 2.17 bits per heavy atom. The molecule has 0 aliphatic heterocycles. The van der Waals surface area contributed by atoms with Crippen molar-refractivity contribution >= 4 is 35.6 Å². The normalized spacial score (nSPS) is 9.25. The number of hydrogen-bond donors (Lipinski definition) is 1. The predicted molar refractivity (Wildman–Crippen MR) is 54.3 cm³/mol. The van der Waals surface area contributed by atoms with Gasteiger partial charge in [0.15, 0.2) is 0 Å². The molecular formula is C7H9Cl3N2. The highest BCUT2D eigenvalue weighted by molar-refractivity contribution is 6.34. The third-order valence-electron chi connectivity index (χ3n) is 1.23. The Bertz CT molecular complexity index is 252. The number of pyridine rings is 1. The van der Waals surface area contributed by atoms with E-state index in [9.17, 15) is 0 Å². The van der Waals surface area contributed by atoms with Gasteiger partial charge in [-0.15, -0.1) is 12.4 Å². The van der Waals surface area contributed by atoms with Crippen molar-refractivity contribution < 1.29 is 0 Å². The van der Waals surface area contributed by atoms with Gasteiger partial charge in [0, 0.05) is 12.7 Å². The van der Waals surface area contributed by atoms with Gasteiger partial charge in [0.25, 0.3) is 0 Å². The van der Waals surface area contributed by atoms with Gasteiger partial charge in [0.1, 0.15) is 0 Å². The molecule has 0 atom stereocenters. The largest absolute Gasteiger partial charge is 0.314 e. The van der Waals surface area contributed by atoms with Crippen LogP contribution in [-0.4, -0.2) is 12.0 Å². The van der Waals surface area contributed by atoms with Crippen LogP contribution in [-0.2, 0) is 6.54 Å². The van der Waals surface area contributed by atoms with Crippen LogP contribution in [0.1, 0.15) is 5.69 Å². The van der Waals surface area contributed by atoms with Crippen LogP contribution in [0, 0.1) is 0 Å². The molecule has 0 fully saturated rings. The van der Waals surface area contributed by atoms with E-state index >= 15 is 0 Å². The number of rotatable bonds is 2. The third-order valence-corrected chi connectivity index (χ3v) is 1.76. The van der Waals surface area contributed by atoms with Crippen molar-refractivity contribution in [2.45, 2.75) is 6.54 Å². The van der Waals surface area contributed by atoms with Gasteiger partial charge in [-0.3, -0.25) is 4.98 Å². The molecule has 0 amide bonds. The second-order valence-corrected chi connectivity index (χ2v) is 2.96. The summed E-state index contributed by atoms with van der Waals surface area (Å²) in [5, 5.41) is 4.12. The van der Waals surface area contributed by atoms with Crippen LogP contribution in [0.25, 0.3) is 0 Å². The first-order chi connectivity index (χ1) is 5.24. The molecule has 0 spiro atoms. The summed E-state index contributed by atoms with van der Waals surface area (Å²) in [4.78, 5) is 4.04. The third kappa shape index (κ3) is 3.15. The van der Waals surface area contributed by atoms with Crippen LogP contribution in [0.4, 0.5) is 0 Å². The molecule has 0 unspecified atom stereocenters. The molecule has 68 valence electrons. The molecule has 0 aliphatic rings. The minimum absolute atomic E-state index is 0. The second-order valence-electron chi connectivity index (χ2n) is 2.11. The lowest BCUT2D eigenvalue weighted by atomic mass is 10.3. The van der Waals surface area contributed by atoms with Crippen molar-refractivity contribution in [1.82, 2.24) is 10.3 Å². The number of nitrogens with zero attached hydrogens (tertiary/aromatic N) is 1. The highest BCUT2D eigenvalue weighted by Gasteiger charge is 2.00. The molecule has 2 nitrogen and oxygen atoms in total. The molecule has 0 aromatic carbocycles. The summed E-state index contributed by atoms with van der Waals surface area (Å²) in [6.07, 6.45) is 1.58. The Labute approximate surface area is 87.7 Å². The van der Waals surface area contributed by atoms with Gasteiger partial charge in [-0.05, 0) is 13.1 Å². The fourth-order valence-corrected chi connectivity index (χ4v) is 1.19. The van der Waals surface area contributed by atoms with Crippen molar-refractivity contribution in [3.05, 3.63) is 28.0 Å². The number of nitrogens with one attached hydrogen (secondary N) is 1. The quantitative estimate of drug-likeness (QED) is 0.840. The van der Waals surface area contributed by atoms with Gasteiger partial charge in [0.05, 0.1) is 15.7 Å². The fraction of sp³-hybridized carbons (Fsp3) is 0.286. The summed E-state index contributed by atoms with van der Waals surface area (Å²) in [5.74, 6) is 0. The smallest absolute Gasteiger partial charge is 0.0728 e. The molecule has 0 saturated carbocycles. The summed E-state index contributed by atoms with van der Waals surface area (Å²) >= 11 is 11.5. The van der Waals surface area contributed by atoms with Crippen molar-refractivity contribution in [3.63, 3.8) is 0 Å². The zero-order valence-electron chi connectivity index (χ0n) is 6.47. The molecule has 1 heterocycles. The van der Waals surface area contributed by atoms with E-state index in [1.165, 1.54) is 0 Å². The first-order valence-electron chi connectivity index (χ1n) is 3.18. The average Bonchev–Trinajstić information content (AvgIpc) is 1.95. The highest BCUT2D eigenvalue weighted by Crippen LogP contribution is 2.17. The molecule has 0 saturated heterocycles. The Morgan fingerprint density at radius 3 is 2.67 bits per heavy atom. The zero-order chi connectivity index (χ0) is 8.27. The summed E-state index contributed by atoms with van der Waals surface area (Å²) < 4.78 is 0. The summed E-state index contributed by atoms with van der Waals surface area (Å²) in [7, 11) is 1.84. The maximum absolute atomic E-state index is 5.82. The number of hydrogen-bond acceptors (Lipinski definition) is 2. The van der Waals surface area contributed by atoms with Gasteiger partial charge in [-0.2, -0.15) is 0 Å². The second kappa shape index (κ2) is 5.60. The monoisotopic (exact) mass is 226 g/mol. The van der Waals surface area contributed by atoms with Gasteiger partial charge in [0.2, 0.25) is 0 Å². The van der Waals surface area contributed by atoms with E-state index in [2.05, 4.69) is 10.3 Å². The van der Waals surface area contributed by atoms with Crippen molar-refractivity contribution in [2.24, 2.45) is 0 Å². The van der Waals surface area contributed by atoms with Crippen LogP contribution in [0.2, 0.25) is 10.0 Å². The summed E-state index contributed by atoms with van der Waals surface area (Å²) in [6, 6.07) is 1.68. The van der Waals surface area contributed by atoms with E-state index in [1.807, 2.05) is 7.05 Å². The summed E-state index contributed by atoms with van der Waals surface area (Å²) in [5.41, 5.74) is 0.818. The number of aromatic nitrogens is 1. The molecule has 1 N–H and O–H groups in total. The average molecular weight is 228 g/mol. The molecule has 0 radical (unpaired) electrons. The van der Waals surface area contributed by atoms with Crippen LogP contribution in [0.5, 0.6) is 0 Å². The first kappa shape index (κ1) is 12.0. The minimum atomic E-state index is 0.